The molecule has 2 N–H and O–H groups in total. The molecule has 2 aromatic carbocycles. The Morgan fingerprint density at radius 3 is 1.54 bits per heavy atom. The fourth-order valence-corrected chi connectivity index (χ4v) is 10.9. The van der Waals surface area contributed by atoms with Crippen LogP contribution in [0.1, 0.15) is 422 Å². The van der Waals surface area contributed by atoms with Gasteiger partial charge in [0, 0.05) is 427 Å². The summed E-state index contributed by atoms with van der Waals surface area (Å²) >= 11 is 0. The molecule has 10 rings (SSSR count). The van der Waals surface area contributed by atoms with E-state index in [-0.39, 0.29) is 58.1 Å². The number of primary amides is 1. The van der Waals surface area contributed by atoms with Crippen LogP contribution in [0.25, 0.3) is 50.1 Å². The normalized spacial score (nSPS) is 37.7. The van der Waals surface area contributed by atoms with Gasteiger partial charge in [-0.15, -0.1) is 0 Å². The molecule has 0 saturated carbocycles. The molecule has 4 aliphatic rings. The first-order valence-electron chi connectivity index (χ1n) is 139. The number of aromatic nitrogens is 6. The summed E-state index contributed by atoms with van der Waals surface area (Å²) in [5.41, 5.74) is 14.6. The van der Waals surface area contributed by atoms with E-state index in [1.165, 1.54) is 24.3 Å². The quantitative estimate of drug-likeness (QED) is 0.131. The van der Waals surface area contributed by atoms with E-state index in [0.29, 0.717) is 18.1 Å². The van der Waals surface area contributed by atoms with Crippen LogP contribution in [0.3, 0.4) is 0 Å². The van der Waals surface area contributed by atoms with Gasteiger partial charge in [0.2, 0.25) is 5.70 Å². The molecular weight excluding hydrogens is 847 g/mol. The third kappa shape index (κ3) is 7.84. The Balaban J connectivity index is -0.0000000121. The summed E-state index contributed by atoms with van der Waals surface area (Å²) in [6, 6.07) is 20.2. The number of rotatable bonds is 5. The number of benzene rings is 2. The Hall–Kier alpha value is -7.46. The van der Waals surface area contributed by atoms with Gasteiger partial charge in [-0.25, -0.2) is 33.6 Å². The van der Waals surface area contributed by atoms with Crippen molar-refractivity contribution in [3.8, 4) is 45.3 Å². The van der Waals surface area contributed by atoms with Gasteiger partial charge in [-0.05, 0) is 124 Å². The number of ketones is 2. The number of hydrogen-bond acceptors (Lipinski definition) is 9. The summed E-state index contributed by atoms with van der Waals surface area (Å²) in [6.07, 6.45) is 9.90. The molecule has 1 amide bonds. The minimum absolute atomic E-state index is 0.0291. The molecule has 570 valence electrons. The first-order chi connectivity index (χ1) is 149. The van der Waals surface area contributed by atoms with Crippen molar-refractivity contribution in [3.05, 3.63) is 166 Å². The third-order valence-electron chi connectivity index (χ3n) is 14.3. The SMILES string of the molecule is Cc1cc(-c2nc(-c3ccc(F)cc3)c3c(n2)[C@]2(C)C=C(C(N)=O)C(=O)[C@H](C)[C@H]2CC3)ccn1.[3H][3H].[3H][3H].[3H][3H].[3H][3H].[3H][3H].[3H][3H].[3H][3H].[3H][3H].[3H][3H].[3H][3H].[3H][3H].[3H][3H].[3H][3H].[3H][3H].[3H][3H].[3H][3H].[3H][3H].[3H][3H].[3H][3H].[3H][3H].[3H][3H].[3H][3H].[3H][3H].[3H][3H].[3H][3H].[3H][3H].[3H][3H].[3H][3H].[3H][3H].[3H][3H].[3H][3H].[3H][3H].[3H][3H].[3H][3H].[3H][3H].[3H][3H].[3H][3H].[3H][3H].[3H][3H].[3H][3H].[3H][3H].[3H][3H].[3H][3H].[3H][3H].[3H][3H].[3H][3H].[3H][3H].[3H][3H].[3H][3H].[3H][3H].[3H][3H].[3H][3H].[3H][3H].[3H][3H].[3H][3H].[3H][3H].[3H][3H].[3H][3H].[3H][3H].[3H][3H].[3H][3H].[3H][3H].[3H][3H].[3H][3H].[3H][3H].[3H][3H].[3H][3H].[3H][3H].[3H][3H].[3H][3H].[3H][3H].[3H][3H].[3H][3H].[3H][3H].[3H][3H].[3H][3H].[3H][3H].[3H][3H].[3H][3H].[3H][3H].[3H][3H].[3H][3H].[3H][3H].[3H][3H].[3H][3H].[3H][3H].[3H][3H].[3H][3H].[3H][3H].[3H][3H].[3H][3H].[3H][3H].[3H][3H].[3H][3H].[3H][3H].[3H][3H].[3H][3H].[3H][3H].[3H][3H].[3H][3H].[3H][3H].[3H][3H].[3H][3H].[3H][3H].[3H][3H].[3H][3H].[3H][3H].[3H][3H].[3H][3H].[3H][3H].[3H][3H].[3H][3H].[3H][3H].[3H][3H].[3H][3H].[3H][3H].[3H][3H].[C-]#[N+]C1=C[C@@]2(C)c3nc(-c4ccnc(C)c4)nc(-c4ccc(F)cc4)c3CC[C@@H]2[C@@H](C)C1=O. The summed E-state index contributed by atoms with van der Waals surface area (Å²) in [5.74, 6) is -1.17. The number of carbonyl (C=O) groups is 3. The molecule has 4 aliphatic carbocycles. The van der Waals surface area contributed by atoms with Crippen molar-refractivity contribution in [1.82, 2.24) is 29.9 Å². The van der Waals surface area contributed by atoms with E-state index in [1.807, 2.05) is 65.0 Å². The van der Waals surface area contributed by atoms with Crippen LogP contribution in [0.5, 0.6) is 0 Å². The molecule has 0 spiro atoms. The van der Waals surface area contributed by atoms with Crippen molar-refractivity contribution in [2.45, 2.75) is 78.1 Å². The molecule has 0 bridgehead atoms. The van der Waals surface area contributed by atoms with Gasteiger partial charge in [0.25, 0.3) is 5.91 Å². The number of allylic oxidation sites excluding steroid dienone is 3. The number of aryl methyl sites for hydroxylation is 2. The van der Waals surface area contributed by atoms with Crippen LogP contribution in [-0.4, -0.2) is 47.4 Å². The largest absolute Gasteiger partial charge is 0.365 e. The van der Waals surface area contributed by atoms with E-state index in [1.54, 1.807) is 42.7 Å². The second-order valence-corrected chi connectivity index (χ2v) is 18.6. The maximum atomic E-state index is 13.7. The Morgan fingerprint density at radius 2 is 1.12 bits per heavy atom. The number of Topliss-reactive ketones (excluding diaryl/α,β-unsaturated/α-hetero) is 2. The molecule has 0 radical (unpaired) electrons. The Labute approximate surface area is 748 Å². The number of hydrogen-bond donors (Lipinski definition) is 1. The highest BCUT2D eigenvalue weighted by molar-refractivity contribution is 6.20. The predicted molar refractivity (Wildman–Crippen MR) is 497 cm³/mol. The maximum absolute atomic E-state index is 13.7. The average molecular weight is 1600 g/mol. The number of halogens is 2. The van der Waals surface area contributed by atoms with Gasteiger partial charge in [0.15, 0.2) is 23.2 Å². The number of nitrogens with zero attached hydrogens (tertiary/aromatic N) is 7. The van der Waals surface area contributed by atoms with E-state index in [9.17, 15) is 23.2 Å². The molecule has 13 heteroatoms. The van der Waals surface area contributed by atoms with Crippen molar-refractivity contribution >= 4 is 17.5 Å². The standard InChI is InChI=1S/C27H25FN4O2.C27H23FN4O.117H2/c1-14-12-17(10-11-30-14)26-31-22(16-4-6-18(28)7-5-16)19-8-9-21-15(2)23(33)20(25(29)34)13-27(21,3)24(19)32-26;1-15-13-18(11-12-30-15)26-31-23(17-5-7-19(28)8-6-17)20-9-10-21-16(2)24(33)22(29-4)14-27(21,3)25(20)32-26;;;;;;;;;;;;;;;;;;;;;;;;;;;;;;;;;;;;;;;;;;;;;;;;;;;;;;;;;;;;;;;;;;;;;;;;;;;;;;;;;;;;;;;;;;;;;;;;;;;;;;;;;;;;;;;;;;;;;/h4-7,10-13,15,21H,8-9H2,1-3H3,(H2,29,34);5-8,11-14,16,21H,9-10H2,1-3H3;117*1H/t15-,21-,27-;16-,21-,27-;;;;;;;;;;;;;;;;;;;;;;;;;;;;;;;;;;;;;;;;;;;;;;;;;;;;;;;;;;;;;;;;;;;;;;;;;;;;;;;;;;;;;;;;;;;;;;;;;;;;;;;;;;;;;;;;;;;;;/m11...................................................................................................................../s1/i;;117*1+2T. The fourth-order valence-electron chi connectivity index (χ4n) is 10.9. The highest BCUT2D eigenvalue weighted by atomic mass is 19.1. The number of pyridine rings is 2. The molecule has 0 saturated heterocycles. The van der Waals surface area contributed by atoms with E-state index < -0.39 is 16.7 Å². The first kappa shape index (κ1) is 5.99. The van der Waals surface area contributed by atoms with Gasteiger partial charge in [0.1, 0.15) is 11.6 Å². The zero-order chi connectivity index (χ0) is 282. The molecular formula is C54H282F2N8O3. The fraction of sp³-hybridized carbons (Fsp3) is 0.296. The van der Waals surface area contributed by atoms with Crippen molar-refractivity contribution < 1.29 is 371 Å². The van der Waals surface area contributed by atoms with Crippen LogP contribution >= 0.6 is 0 Å². The number of nitrogens with two attached hydrogens (primary N) is 1. The zero-order valence-corrected chi connectivity index (χ0v) is 38.1. The molecule has 6 aromatic rings. The van der Waals surface area contributed by atoms with Crippen LogP contribution in [0, 0.1) is 55.7 Å². The molecule has 0 unspecified atom stereocenters. The average Bonchev–Trinajstić information content (AvgIpc) is 0.717. The second-order valence-electron chi connectivity index (χ2n) is 18.6. The molecule has 67 heavy (non-hydrogen) atoms. The topological polar surface area (TPSA) is 159 Å². The van der Waals surface area contributed by atoms with Gasteiger partial charge in [-0.3, -0.25) is 19.6 Å². The molecule has 4 aromatic heterocycles. The van der Waals surface area contributed by atoms with Gasteiger partial charge in [-0.2, -0.15) is 0 Å². The molecule has 11 nitrogen and oxygen atoms in total. The van der Waals surface area contributed by atoms with Crippen LogP contribution in [0.15, 0.2) is 109 Å². The molecule has 0 aliphatic heterocycles. The van der Waals surface area contributed by atoms with Crippen LogP contribution in [-0.2, 0) is 38.1 Å². The monoisotopic (exact) mass is 1600 g/mol. The van der Waals surface area contributed by atoms with Gasteiger partial charge < -0.3 is 10.5 Å². The van der Waals surface area contributed by atoms with Crippen molar-refractivity contribution in [2.75, 3.05) is 0 Å². The van der Waals surface area contributed by atoms with Crippen LogP contribution in [0.2, 0.25) is 0 Å². The Bertz CT molecular complexity index is 3370. The van der Waals surface area contributed by atoms with E-state index in [2.05, 4.69) is 21.7 Å². The first-order valence-corrected chi connectivity index (χ1v) is 22.4. The zero-order valence-electron chi connectivity index (χ0n) is 272. The Morgan fingerprint density at radius 1 is 0.687 bits per heavy atom. The van der Waals surface area contributed by atoms with Gasteiger partial charge in [-0.1, -0.05) is 39.8 Å². The lowest BCUT2D eigenvalue weighted by Gasteiger charge is -2.46. The maximum Gasteiger partial charge on any atom is 0.252 e. The van der Waals surface area contributed by atoms with Crippen LogP contribution < -0.4 is 5.73 Å². The summed E-state index contributed by atoms with van der Waals surface area (Å²) in [6.45, 7) is 19.2. The summed E-state index contributed by atoms with van der Waals surface area (Å²) in [7, 11) is 0. The number of amides is 1. The third-order valence-corrected chi connectivity index (χ3v) is 14.3. The Kier molecular flexibility index (Phi) is 1.53. The molecule has 0 fully saturated rings. The smallest absolute Gasteiger partial charge is 0.252 e. The number of fused-ring (bicyclic) bond motifs is 6. The number of carbonyl (C=O) groups excluding carboxylic acids is 3. The lowest BCUT2D eigenvalue weighted by molar-refractivity contribution is -0.126. The second kappa shape index (κ2) is 17.1. The minimum atomic E-state index is -0.721. The van der Waals surface area contributed by atoms with E-state index in [4.69, 9.17) is 380 Å². The van der Waals surface area contributed by atoms with Crippen LogP contribution in [0.4, 0.5) is 8.78 Å². The van der Waals surface area contributed by atoms with Gasteiger partial charge in [0.05, 0.1) is 34.9 Å². The summed E-state index contributed by atoms with van der Waals surface area (Å²) in [5, 5.41) is 0. The van der Waals surface area contributed by atoms with Crippen molar-refractivity contribution in [1.29, 1.82) is 0 Å². The summed E-state index contributed by atoms with van der Waals surface area (Å²) in [4.78, 5) is 69.8. The predicted octanol–water partition coefficient (Wildman–Crippen LogP) is 38.4. The van der Waals surface area contributed by atoms with Gasteiger partial charge >= 0.3 is 0 Å². The summed E-state index contributed by atoms with van der Waals surface area (Å²) < 4.78 is 1200. The molecule has 4 heterocycles. The van der Waals surface area contributed by atoms with Crippen molar-refractivity contribution in [3.63, 3.8) is 0 Å². The lowest BCUT2D eigenvalue weighted by Crippen LogP contribution is -2.48. The highest BCUT2D eigenvalue weighted by Gasteiger charge is 2.51. The van der Waals surface area contributed by atoms with Crippen molar-refractivity contribution in [2.24, 2.45) is 29.4 Å². The van der Waals surface area contributed by atoms with E-state index in [0.717, 1.165) is 86.8 Å². The molecule has 6 atom stereocenters. The van der Waals surface area contributed by atoms with E-state index >= 15 is 0 Å². The lowest BCUT2D eigenvalue weighted by atomic mass is 9.57. The minimum Gasteiger partial charge on any atom is -0.365 e. The highest BCUT2D eigenvalue weighted by Crippen LogP contribution is 2.53.